The lowest BCUT2D eigenvalue weighted by Crippen LogP contribution is -2.47. The third-order valence-corrected chi connectivity index (χ3v) is 6.85. The van der Waals surface area contributed by atoms with Gasteiger partial charge in [-0.1, -0.05) is 94.6 Å². The first kappa shape index (κ1) is 40.8. The lowest BCUT2D eigenvalue weighted by Gasteiger charge is -2.18. The van der Waals surface area contributed by atoms with Gasteiger partial charge in [-0.25, -0.2) is 4.79 Å². The zero-order valence-corrected chi connectivity index (χ0v) is 27.1. The fraction of sp³-hybridized carbons (Fsp3) is 0.657. The van der Waals surface area contributed by atoms with Crippen molar-refractivity contribution in [2.24, 2.45) is 0 Å². The Morgan fingerprint density at radius 1 is 0.705 bits per heavy atom. The summed E-state index contributed by atoms with van der Waals surface area (Å²) in [6.45, 7) is 3.24. The Hall–Kier alpha value is -3.20. The number of hydrogen-bond acceptors (Lipinski definition) is 6. The molecule has 0 aromatic carbocycles. The van der Waals surface area contributed by atoms with Gasteiger partial charge in [-0.3, -0.25) is 14.4 Å². The highest BCUT2D eigenvalue weighted by molar-refractivity contribution is 5.87. The molecule has 0 heterocycles. The Kier molecular flexibility index (Phi) is 27.7. The zero-order chi connectivity index (χ0) is 32.7. The van der Waals surface area contributed by atoms with Crippen LogP contribution in [0.4, 0.5) is 0 Å². The number of rotatable bonds is 28. The van der Waals surface area contributed by atoms with Crippen LogP contribution in [0.2, 0.25) is 0 Å². The first-order valence-electron chi connectivity index (χ1n) is 16.5. The van der Waals surface area contributed by atoms with Crippen LogP contribution in [0.3, 0.4) is 0 Å². The van der Waals surface area contributed by atoms with Crippen LogP contribution >= 0.6 is 0 Å². The van der Waals surface area contributed by atoms with Crippen molar-refractivity contribution >= 4 is 23.8 Å². The van der Waals surface area contributed by atoms with Gasteiger partial charge >= 0.3 is 11.9 Å². The number of aliphatic hydroxyl groups excluding tert-OH is 1. The Labute approximate surface area is 265 Å². The largest absolute Gasteiger partial charge is 0.480 e. The Morgan fingerprint density at radius 2 is 1.27 bits per heavy atom. The van der Waals surface area contributed by atoms with E-state index < -0.39 is 24.5 Å². The summed E-state index contributed by atoms with van der Waals surface area (Å²) in [6.07, 6.45) is 31.7. The van der Waals surface area contributed by atoms with Crippen molar-refractivity contribution < 1.29 is 34.1 Å². The van der Waals surface area contributed by atoms with E-state index in [2.05, 4.69) is 67.0 Å². The van der Waals surface area contributed by atoms with E-state index in [0.29, 0.717) is 19.3 Å². The predicted molar refractivity (Wildman–Crippen MR) is 176 cm³/mol. The number of esters is 1. The second-order valence-corrected chi connectivity index (χ2v) is 10.9. The first-order chi connectivity index (χ1) is 21.3. The van der Waals surface area contributed by atoms with E-state index in [4.69, 9.17) is 14.9 Å². The Morgan fingerprint density at radius 3 is 1.84 bits per heavy atom. The molecule has 0 aliphatic carbocycles. The SMILES string of the molecule is CC/C=C\C/C=C\C/C=C\C/C=C\CCC(=O)OC(CCCCCC)CCCCCCC(=O)NCC(=O)NC(CO)C(=O)O. The maximum Gasteiger partial charge on any atom is 0.328 e. The van der Waals surface area contributed by atoms with Gasteiger partial charge in [0, 0.05) is 12.8 Å². The van der Waals surface area contributed by atoms with Gasteiger partial charge in [0.05, 0.1) is 13.2 Å². The molecule has 44 heavy (non-hydrogen) atoms. The topological polar surface area (TPSA) is 142 Å². The maximum atomic E-state index is 12.5. The Balaban J connectivity index is 4.22. The van der Waals surface area contributed by atoms with Crippen LogP contribution in [-0.4, -0.2) is 59.3 Å². The number of carbonyl (C=O) groups is 4. The van der Waals surface area contributed by atoms with Gasteiger partial charge in [0.1, 0.15) is 12.1 Å². The van der Waals surface area contributed by atoms with Crippen LogP contribution in [0, 0.1) is 0 Å². The van der Waals surface area contributed by atoms with Crippen LogP contribution in [0.1, 0.15) is 123 Å². The van der Waals surface area contributed by atoms with Crippen molar-refractivity contribution in [2.45, 2.75) is 135 Å². The molecule has 2 unspecified atom stereocenters. The van der Waals surface area contributed by atoms with Gasteiger partial charge < -0.3 is 25.6 Å². The van der Waals surface area contributed by atoms with E-state index in [0.717, 1.165) is 77.0 Å². The second kappa shape index (κ2) is 29.9. The van der Waals surface area contributed by atoms with Gasteiger partial charge in [0.25, 0.3) is 0 Å². The van der Waals surface area contributed by atoms with E-state index >= 15 is 0 Å². The summed E-state index contributed by atoms with van der Waals surface area (Å²) in [6, 6.07) is -1.39. The molecule has 9 nitrogen and oxygen atoms in total. The number of carboxylic acids is 1. The van der Waals surface area contributed by atoms with Crippen molar-refractivity contribution in [3.63, 3.8) is 0 Å². The second-order valence-electron chi connectivity index (χ2n) is 10.9. The molecule has 0 bridgehead atoms. The molecule has 2 amide bonds. The fourth-order valence-corrected chi connectivity index (χ4v) is 4.31. The minimum Gasteiger partial charge on any atom is -0.480 e. The number of aliphatic carboxylic acids is 1. The molecule has 9 heteroatoms. The summed E-state index contributed by atoms with van der Waals surface area (Å²) >= 11 is 0. The number of hydrogen-bond donors (Lipinski definition) is 4. The lowest BCUT2D eigenvalue weighted by molar-refractivity contribution is -0.149. The highest BCUT2D eigenvalue weighted by Gasteiger charge is 2.19. The molecule has 0 saturated carbocycles. The normalized spacial score (nSPS) is 13.2. The molecular formula is C35H58N2O7. The average Bonchev–Trinajstić information content (AvgIpc) is 3.00. The van der Waals surface area contributed by atoms with Gasteiger partial charge in [0.15, 0.2) is 0 Å². The van der Waals surface area contributed by atoms with E-state index in [-0.39, 0.29) is 30.9 Å². The molecule has 250 valence electrons. The van der Waals surface area contributed by atoms with Gasteiger partial charge in [-0.2, -0.15) is 0 Å². The minimum atomic E-state index is -1.39. The van der Waals surface area contributed by atoms with E-state index in [1.165, 1.54) is 6.42 Å². The fourth-order valence-electron chi connectivity index (χ4n) is 4.31. The van der Waals surface area contributed by atoms with Crippen molar-refractivity contribution in [2.75, 3.05) is 13.2 Å². The van der Waals surface area contributed by atoms with Crippen LogP contribution in [0.25, 0.3) is 0 Å². The third-order valence-electron chi connectivity index (χ3n) is 6.85. The molecule has 0 rings (SSSR count). The number of aliphatic hydroxyl groups is 1. The van der Waals surface area contributed by atoms with Crippen LogP contribution in [-0.2, 0) is 23.9 Å². The number of ether oxygens (including phenoxy) is 1. The molecule has 4 N–H and O–H groups in total. The summed E-state index contributed by atoms with van der Waals surface area (Å²) in [5.74, 6) is -2.45. The first-order valence-corrected chi connectivity index (χ1v) is 16.5. The standard InChI is InChI=1S/C35H58N2O7/c1-3-5-7-9-10-11-12-13-14-15-16-17-23-27-34(41)44-30(24-20-8-6-4-2)25-21-18-19-22-26-32(39)36-28-33(40)37-31(29-38)35(42)43/h5,7,10-11,13-14,16-17,30-31,38H,3-4,6,8-9,12,15,18-29H2,1-2H3,(H,36,39)(H,37,40)(H,42,43)/b7-5-,11-10-,14-13-,17-16-. The Bertz CT molecular complexity index is 896. The number of nitrogens with one attached hydrogen (secondary N) is 2. The van der Waals surface area contributed by atoms with Gasteiger partial charge in [-0.05, 0) is 64.2 Å². The van der Waals surface area contributed by atoms with E-state index in [9.17, 15) is 19.2 Å². The highest BCUT2D eigenvalue weighted by atomic mass is 16.5. The number of carboxylic acid groups (broad SMARTS) is 1. The minimum absolute atomic E-state index is 0.0767. The molecule has 2 atom stereocenters. The molecule has 0 aromatic heterocycles. The number of amides is 2. The smallest absolute Gasteiger partial charge is 0.328 e. The molecule has 0 aliphatic heterocycles. The van der Waals surface area contributed by atoms with Crippen molar-refractivity contribution in [3.8, 4) is 0 Å². The highest BCUT2D eigenvalue weighted by Crippen LogP contribution is 2.17. The number of unbranched alkanes of at least 4 members (excludes halogenated alkanes) is 6. The molecule has 0 aromatic rings. The third kappa shape index (κ3) is 26.4. The summed E-state index contributed by atoms with van der Waals surface area (Å²) in [5, 5.41) is 22.4. The molecular weight excluding hydrogens is 560 g/mol. The zero-order valence-electron chi connectivity index (χ0n) is 27.1. The molecule has 0 saturated heterocycles. The monoisotopic (exact) mass is 618 g/mol. The quantitative estimate of drug-likeness (QED) is 0.0447. The summed E-state index contributed by atoms with van der Waals surface area (Å²) in [4.78, 5) is 47.0. The van der Waals surface area contributed by atoms with Gasteiger partial charge in [0.2, 0.25) is 11.8 Å². The molecule has 0 fully saturated rings. The summed E-state index contributed by atoms with van der Waals surface area (Å²) < 4.78 is 5.83. The number of carbonyl (C=O) groups excluding carboxylic acids is 3. The van der Waals surface area contributed by atoms with Gasteiger partial charge in [-0.15, -0.1) is 0 Å². The van der Waals surface area contributed by atoms with E-state index in [1.807, 2.05) is 6.08 Å². The van der Waals surface area contributed by atoms with E-state index in [1.54, 1.807) is 0 Å². The van der Waals surface area contributed by atoms with Crippen LogP contribution in [0.15, 0.2) is 48.6 Å². The maximum absolute atomic E-state index is 12.5. The van der Waals surface area contributed by atoms with Crippen molar-refractivity contribution in [3.05, 3.63) is 48.6 Å². The summed E-state index contributed by atoms with van der Waals surface area (Å²) in [7, 11) is 0. The number of allylic oxidation sites excluding steroid dienone is 8. The molecule has 0 radical (unpaired) electrons. The van der Waals surface area contributed by atoms with Crippen LogP contribution in [0.5, 0.6) is 0 Å². The molecule has 0 aliphatic rings. The van der Waals surface area contributed by atoms with Crippen LogP contribution < -0.4 is 10.6 Å². The van der Waals surface area contributed by atoms with Crippen molar-refractivity contribution in [1.29, 1.82) is 0 Å². The average molecular weight is 619 g/mol. The summed E-state index contributed by atoms with van der Waals surface area (Å²) in [5.41, 5.74) is 0. The molecule has 0 spiro atoms. The lowest BCUT2D eigenvalue weighted by atomic mass is 10.0. The predicted octanol–water partition coefficient (Wildman–Crippen LogP) is 6.47. The van der Waals surface area contributed by atoms with Crippen molar-refractivity contribution in [1.82, 2.24) is 10.6 Å².